The fourth-order valence-electron chi connectivity index (χ4n) is 1.98. The second-order valence-corrected chi connectivity index (χ2v) is 6.18. The van der Waals surface area contributed by atoms with Crippen LogP contribution in [0.4, 0.5) is 0 Å². The van der Waals surface area contributed by atoms with Gasteiger partial charge in [-0.2, -0.15) is 0 Å². The molecule has 16 heavy (non-hydrogen) atoms. The van der Waals surface area contributed by atoms with Gasteiger partial charge in [0.1, 0.15) is 0 Å². The van der Waals surface area contributed by atoms with Gasteiger partial charge in [-0.25, -0.2) is 0 Å². The van der Waals surface area contributed by atoms with Crippen LogP contribution in [0.2, 0.25) is 0 Å². The van der Waals surface area contributed by atoms with Crippen LogP contribution in [0.5, 0.6) is 0 Å². The van der Waals surface area contributed by atoms with Crippen molar-refractivity contribution in [3.8, 4) is 0 Å². The van der Waals surface area contributed by atoms with Crippen molar-refractivity contribution in [2.45, 2.75) is 39.5 Å². The lowest BCUT2D eigenvalue weighted by Crippen LogP contribution is -2.46. The summed E-state index contributed by atoms with van der Waals surface area (Å²) in [4.78, 5) is 14.5. The largest absolute Gasteiger partial charge is 0.342 e. The quantitative estimate of drug-likeness (QED) is 0.745. The number of hydrogen-bond acceptors (Lipinski definition) is 2. The van der Waals surface area contributed by atoms with Gasteiger partial charge in [0, 0.05) is 19.6 Å². The number of amides is 1. The summed E-state index contributed by atoms with van der Waals surface area (Å²) >= 11 is 0. The van der Waals surface area contributed by atoms with Crippen molar-refractivity contribution >= 4 is 5.91 Å². The lowest BCUT2D eigenvalue weighted by molar-refractivity contribution is -0.140. The third-order valence-electron chi connectivity index (χ3n) is 3.73. The van der Waals surface area contributed by atoms with Crippen molar-refractivity contribution < 1.29 is 4.79 Å². The Balaban J connectivity index is 1.94. The van der Waals surface area contributed by atoms with E-state index in [0.29, 0.717) is 6.54 Å². The molecule has 92 valence electrons. The highest BCUT2D eigenvalue weighted by molar-refractivity contribution is 5.82. The van der Waals surface area contributed by atoms with Crippen molar-refractivity contribution in [2.24, 2.45) is 23.0 Å². The van der Waals surface area contributed by atoms with Gasteiger partial charge >= 0.3 is 0 Å². The van der Waals surface area contributed by atoms with Gasteiger partial charge in [-0.3, -0.25) is 4.79 Å². The summed E-state index contributed by atoms with van der Waals surface area (Å²) in [5.41, 5.74) is 5.31. The molecule has 3 nitrogen and oxygen atoms in total. The van der Waals surface area contributed by atoms with E-state index in [1.807, 2.05) is 13.8 Å². The molecule has 0 aromatic carbocycles. The molecule has 2 saturated carbocycles. The molecule has 2 aliphatic rings. The van der Waals surface area contributed by atoms with E-state index in [1.54, 1.807) is 0 Å². The Morgan fingerprint density at radius 3 is 1.94 bits per heavy atom. The standard InChI is InChI=1S/C13H24N2O/c1-13(2,9-14)12(16)15(7-10-3-4-10)8-11-5-6-11/h10-11H,3-9,14H2,1-2H3. The van der Waals surface area contributed by atoms with E-state index < -0.39 is 0 Å². The monoisotopic (exact) mass is 224 g/mol. The van der Waals surface area contributed by atoms with Gasteiger partial charge in [0.25, 0.3) is 0 Å². The predicted molar refractivity (Wildman–Crippen MR) is 64.9 cm³/mol. The fraction of sp³-hybridized carbons (Fsp3) is 0.923. The number of nitrogens with two attached hydrogens (primary N) is 1. The van der Waals surface area contributed by atoms with Crippen LogP contribution in [0.1, 0.15) is 39.5 Å². The van der Waals surface area contributed by atoms with Crippen molar-refractivity contribution in [3.05, 3.63) is 0 Å². The third kappa shape index (κ3) is 2.97. The van der Waals surface area contributed by atoms with E-state index in [2.05, 4.69) is 4.90 Å². The van der Waals surface area contributed by atoms with Gasteiger partial charge < -0.3 is 10.6 Å². The minimum Gasteiger partial charge on any atom is -0.342 e. The van der Waals surface area contributed by atoms with Gasteiger partial charge in [-0.15, -0.1) is 0 Å². The first-order valence-corrected chi connectivity index (χ1v) is 6.52. The van der Waals surface area contributed by atoms with Gasteiger partial charge in [0.15, 0.2) is 0 Å². The molecule has 1 amide bonds. The van der Waals surface area contributed by atoms with E-state index in [-0.39, 0.29) is 11.3 Å². The minimum absolute atomic E-state index is 0.258. The first-order valence-electron chi connectivity index (χ1n) is 6.52. The highest BCUT2D eigenvalue weighted by Gasteiger charge is 2.36. The lowest BCUT2D eigenvalue weighted by Gasteiger charge is -2.31. The molecule has 0 saturated heterocycles. The van der Waals surface area contributed by atoms with Gasteiger partial charge in [0.05, 0.1) is 5.41 Å². The zero-order chi connectivity index (χ0) is 11.8. The Hall–Kier alpha value is -0.570. The predicted octanol–water partition coefficient (Wildman–Crippen LogP) is 1.62. The van der Waals surface area contributed by atoms with E-state index >= 15 is 0 Å². The van der Waals surface area contributed by atoms with E-state index in [4.69, 9.17) is 5.73 Å². The summed E-state index contributed by atoms with van der Waals surface area (Å²) in [5.74, 6) is 1.81. The summed E-state index contributed by atoms with van der Waals surface area (Å²) in [6, 6.07) is 0. The van der Waals surface area contributed by atoms with Crippen LogP contribution in [0.15, 0.2) is 0 Å². The fourth-order valence-corrected chi connectivity index (χ4v) is 1.98. The lowest BCUT2D eigenvalue weighted by atomic mass is 9.91. The molecule has 0 aliphatic heterocycles. The molecule has 0 bridgehead atoms. The maximum absolute atomic E-state index is 12.4. The van der Waals surface area contributed by atoms with Gasteiger partial charge in [-0.05, 0) is 51.4 Å². The smallest absolute Gasteiger partial charge is 0.229 e. The highest BCUT2D eigenvalue weighted by Crippen LogP contribution is 2.35. The Kier molecular flexibility index (Phi) is 3.24. The molecule has 2 N–H and O–H groups in total. The van der Waals surface area contributed by atoms with Gasteiger partial charge in [0.2, 0.25) is 5.91 Å². The van der Waals surface area contributed by atoms with Crippen molar-refractivity contribution in [3.63, 3.8) is 0 Å². The second-order valence-electron chi connectivity index (χ2n) is 6.18. The van der Waals surface area contributed by atoms with Crippen molar-refractivity contribution in [1.29, 1.82) is 0 Å². The molecular formula is C13H24N2O. The van der Waals surface area contributed by atoms with Crippen LogP contribution < -0.4 is 5.73 Å². The van der Waals surface area contributed by atoms with Crippen LogP contribution in [0.3, 0.4) is 0 Å². The first-order chi connectivity index (χ1) is 7.53. The highest BCUT2D eigenvalue weighted by atomic mass is 16.2. The molecule has 0 spiro atoms. The molecule has 0 unspecified atom stereocenters. The Bertz CT molecular complexity index is 253. The summed E-state index contributed by atoms with van der Waals surface area (Å²) in [6.07, 6.45) is 5.21. The number of rotatable bonds is 6. The van der Waals surface area contributed by atoms with E-state index in [0.717, 1.165) is 24.9 Å². The van der Waals surface area contributed by atoms with Crippen LogP contribution in [0.25, 0.3) is 0 Å². The summed E-state index contributed by atoms with van der Waals surface area (Å²) < 4.78 is 0. The number of carbonyl (C=O) groups excluding carboxylic acids is 1. The van der Waals surface area contributed by atoms with E-state index in [1.165, 1.54) is 25.7 Å². The average molecular weight is 224 g/mol. The van der Waals surface area contributed by atoms with Crippen molar-refractivity contribution in [2.75, 3.05) is 19.6 Å². The summed E-state index contributed by atoms with van der Waals surface area (Å²) in [5, 5.41) is 0. The molecule has 2 aliphatic carbocycles. The Morgan fingerprint density at radius 2 is 1.62 bits per heavy atom. The summed E-state index contributed by atoms with van der Waals surface area (Å²) in [6.45, 7) is 6.31. The molecule has 0 atom stereocenters. The second kappa shape index (κ2) is 4.36. The molecule has 3 heteroatoms. The summed E-state index contributed by atoms with van der Waals surface area (Å²) in [7, 11) is 0. The number of carbonyl (C=O) groups is 1. The molecule has 0 heterocycles. The minimum atomic E-state index is -0.385. The molecule has 0 aromatic heterocycles. The van der Waals surface area contributed by atoms with Crippen LogP contribution >= 0.6 is 0 Å². The zero-order valence-electron chi connectivity index (χ0n) is 10.5. The molecule has 2 rings (SSSR count). The Labute approximate surface area is 98.4 Å². The van der Waals surface area contributed by atoms with Crippen LogP contribution in [0, 0.1) is 17.3 Å². The van der Waals surface area contributed by atoms with Gasteiger partial charge in [-0.1, -0.05) is 0 Å². The zero-order valence-corrected chi connectivity index (χ0v) is 10.5. The molecular weight excluding hydrogens is 200 g/mol. The first kappa shape index (κ1) is 11.9. The molecule has 0 aromatic rings. The van der Waals surface area contributed by atoms with Crippen LogP contribution in [-0.2, 0) is 4.79 Å². The topological polar surface area (TPSA) is 46.3 Å². The van der Waals surface area contributed by atoms with Crippen LogP contribution in [-0.4, -0.2) is 30.4 Å². The molecule has 0 radical (unpaired) electrons. The number of nitrogens with zero attached hydrogens (tertiary/aromatic N) is 1. The average Bonchev–Trinajstić information content (AvgIpc) is 3.09. The molecule has 2 fully saturated rings. The Morgan fingerprint density at radius 1 is 1.19 bits per heavy atom. The number of hydrogen-bond donors (Lipinski definition) is 1. The third-order valence-corrected chi connectivity index (χ3v) is 3.73. The maximum Gasteiger partial charge on any atom is 0.229 e. The van der Waals surface area contributed by atoms with E-state index in [9.17, 15) is 4.79 Å². The maximum atomic E-state index is 12.4. The normalized spacial score (nSPS) is 20.9. The SMILES string of the molecule is CC(C)(CN)C(=O)N(CC1CC1)CC1CC1. The van der Waals surface area contributed by atoms with Crippen molar-refractivity contribution in [1.82, 2.24) is 4.90 Å².